The number of carbonyl (C=O) groups excluding carboxylic acids is 1. The van der Waals surface area contributed by atoms with Crippen LogP contribution >= 0.6 is 0 Å². The van der Waals surface area contributed by atoms with Crippen LogP contribution in [0.4, 0.5) is 5.82 Å². The van der Waals surface area contributed by atoms with Gasteiger partial charge in [-0.2, -0.15) is 0 Å². The Morgan fingerprint density at radius 2 is 1.85 bits per heavy atom. The molecule has 3 aromatic rings. The van der Waals surface area contributed by atoms with Crippen LogP contribution in [0.15, 0.2) is 67.1 Å². The number of nitrogens with one attached hydrogen (secondary N) is 1. The Balaban J connectivity index is 1.38. The van der Waals surface area contributed by atoms with Gasteiger partial charge in [0.15, 0.2) is 0 Å². The molecule has 3 heterocycles. The standard InChI is InChI=1S/C21H20N4O/c26-21(18-7-10-22-11-8-18)24-14-16-5-6-20(23-13-16)25-12-9-17-3-1-2-4-19(17)15-25/h1-8,10-11,13H,9,12,14-15H2,(H,24,26). The molecule has 0 atom stereocenters. The number of anilines is 1. The molecule has 0 aliphatic carbocycles. The number of hydrogen-bond acceptors (Lipinski definition) is 4. The van der Waals surface area contributed by atoms with Crippen molar-refractivity contribution < 1.29 is 4.79 Å². The molecule has 130 valence electrons. The summed E-state index contributed by atoms with van der Waals surface area (Å²) in [6, 6.07) is 16.0. The van der Waals surface area contributed by atoms with Gasteiger partial charge in [0, 0.05) is 43.8 Å². The minimum atomic E-state index is -0.107. The zero-order chi connectivity index (χ0) is 17.8. The van der Waals surface area contributed by atoms with Crippen molar-refractivity contribution in [2.45, 2.75) is 19.5 Å². The van der Waals surface area contributed by atoms with E-state index in [1.54, 1.807) is 24.5 Å². The lowest BCUT2D eigenvalue weighted by Gasteiger charge is -2.29. The molecule has 0 fully saturated rings. The van der Waals surface area contributed by atoms with Crippen molar-refractivity contribution in [3.8, 4) is 0 Å². The van der Waals surface area contributed by atoms with Gasteiger partial charge in [-0.1, -0.05) is 30.3 Å². The number of rotatable bonds is 4. The summed E-state index contributed by atoms with van der Waals surface area (Å²) < 4.78 is 0. The highest BCUT2D eigenvalue weighted by Gasteiger charge is 2.16. The van der Waals surface area contributed by atoms with E-state index in [9.17, 15) is 4.79 Å². The second-order valence-electron chi connectivity index (χ2n) is 6.38. The summed E-state index contributed by atoms with van der Waals surface area (Å²) in [6.07, 6.45) is 6.11. The fourth-order valence-corrected chi connectivity index (χ4v) is 3.19. The van der Waals surface area contributed by atoms with Gasteiger partial charge in [0.05, 0.1) is 0 Å². The van der Waals surface area contributed by atoms with Crippen LogP contribution < -0.4 is 10.2 Å². The van der Waals surface area contributed by atoms with Crippen LogP contribution in [0, 0.1) is 0 Å². The Kier molecular flexibility index (Phi) is 4.60. The summed E-state index contributed by atoms with van der Waals surface area (Å²) in [5.74, 6) is 0.868. The van der Waals surface area contributed by atoms with E-state index in [-0.39, 0.29) is 5.91 Å². The third-order valence-electron chi connectivity index (χ3n) is 4.66. The van der Waals surface area contributed by atoms with E-state index >= 15 is 0 Å². The molecule has 1 aliphatic heterocycles. The molecule has 0 saturated heterocycles. The monoisotopic (exact) mass is 344 g/mol. The third-order valence-corrected chi connectivity index (χ3v) is 4.66. The second-order valence-corrected chi connectivity index (χ2v) is 6.38. The molecule has 2 aromatic heterocycles. The number of benzene rings is 1. The van der Waals surface area contributed by atoms with Crippen LogP contribution in [0.3, 0.4) is 0 Å². The molecule has 1 aliphatic rings. The lowest BCUT2D eigenvalue weighted by molar-refractivity contribution is 0.0951. The first-order valence-corrected chi connectivity index (χ1v) is 8.74. The number of aromatic nitrogens is 2. The first kappa shape index (κ1) is 16.3. The number of carbonyl (C=O) groups is 1. The van der Waals surface area contributed by atoms with Crippen LogP contribution in [-0.4, -0.2) is 22.4 Å². The lowest BCUT2D eigenvalue weighted by atomic mass is 10.00. The summed E-state index contributed by atoms with van der Waals surface area (Å²) >= 11 is 0. The van der Waals surface area contributed by atoms with Gasteiger partial charge < -0.3 is 10.2 Å². The van der Waals surface area contributed by atoms with Crippen molar-refractivity contribution in [1.82, 2.24) is 15.3 Å². The topological polar surface area (TPSA) is 58.1 Å². The van der Waals surface area contributed by atoms with E-state index in [4.69, 9.17) is 0 Å². The lowest BCUT2D eigenvalue weighted by Crippen LogP contribution is -2.31. The number of hydrogen-bond donors (Lipinski definition) is 1. The van der Waals surface area contributed by atoms with Gasteiger partial charge in [-0.15, -0.1) is 0 Å². The second kappa shape index (κ2) is 7.35. The molecule has 1 amide bonds. The summed E-state index contributed by atoms with van der Waals surface area (Å²) in [5, 5.41) is 2.91. The Labute approximate surface area is 152 Å². The third kappa shape index (κ3) is 3.57. The number of fused-ring (bicyclic) bond motifs is 1. The molecule has 0 radical (unpaired) electrons. The van der Waals surface area contributed by atoms with Crippen molar-refractivity contribution in [3.63, 3.8) is 0 Å². The predicted molar refractivity (Wildman–Crippen MR) is 101 cm³/mol. The average Bonchev–Trinajstić information content (AvgIpc) is 2.72. The van der Waals surface area contributed by atoms with Gasteiger partial charge in [-0.25, -0.2) is 4.98 Å². The highest BCUT2D eigenvalue weighted by Crippen LogP contribution is 2.22. The fourth-order valence-electron chi connectivity index (χ4n) is 3.19. The Hall–Kier alpha value is -3.21. The normalized spacial score (nSPS) is 13.2. The van der Waals surface area contributed by atoms with E-state index in [0.29, 0.717) is 12.1 Å². The van der Waals surface area contributed by atoms with Gasteiger partial charge in [-0.05, 0) is 41.3 Å². The quantitative estimate of drug-likeness (QED) is 0.790. The molecule has 5 heteroatoms. The summed E-state index contributed by atoms with van der Waals surface area (Å²) in [6.45, 7) is 2.32. The smallest absolute Gasteiger partial charge is 0.251 e. The van der Waals surface area contributed by atoms with Gasteiger partial charge in [0.1, 0.15) is 5.82 Å². The van der Waals surface area contributed by atoms with Crippen LogP contribution in [-0.2, 0) is 19.5 Å². The molecule has 0 spiro atoms. The minimum absolute atomic E-state index is 0.107. The SMILES string of the molecule is O=C(NCc1ccc(N2CCc3ccccc3C2)nc1)c1ccncc1. The molecule has 26 heavy (non-hydrogen) atoms. The van der Waals surface area contributed by atoms with E-state index in [1.165, 1.54) is 11.1 Å². The number of nitrogens with zero attached hydrogens (tertiary/aromatic N) is 3. The number of pyridine rings is 2. The molecule has 1 aromatic carbocycles. The van der Waals surface area contributed by atoms with Crippen LogP contribution in [0.1, 0.15) is 27.0 Å². The largest absolute Gasteiger partial charge is 0.352 e. The highest BCUT2D eigenvalue weighted by atomic mass is 16.1. The van der Waals surface area contributed by atoms with Crippen molar-refractivity contribution in [2.24, 2.45) is 0 Å². The molecule has 0 saturated carbocycles. The van der Waals surface area contributed by atoms with E-state index < -0.39 is 0 Å². The van der Waals surface area contributed by atoms with Crippen molar-refractivity contribution in [1.29, 1.82) is 0 Å². The first-order chi connectivity index (χ1) is 12.8. The maximum Gasteiger partial charge on any atom is 0.251 e. The van der Waals surface area contributed by atoms with Gasteiger partial charge in [0.25, 0.3) is 5.91 Å². The minimum Gasteiger partial charge on any atom is -0.352 e. The maximum absolute atomic E-state index is 12.1. The fraction of sp³-hybridized carbons (Fsp3) is 0.190. The van der Waals surface area contributed by atoms with Crippen LogP contribution in [0.5, 0.6) is 0 Å². The molecule has 0 bridgehead atoms. The molecular weight excluding hydrogens is 324 g/mol. The Morgan fingerprint density at radius 3 is 2.62 bits per heavy atom. The van der Waals surface area contributed by atoms with Crippen LogP contribution in [0.2, 0.25) is 0 Å². The highest BCUT2D eigenvalue weighted by molar-refractivity contribution is 5.93. The summed E-state index contributed by atoms with van der Waals surface area (Å²) in [4.78, 5) is 22.9. The Morgan fingerprint density at radius 1 is 1.04 bits per heavy atom. The molecule has 4 rings (SSSR count). The van der Waals surface area contributed by atoms with Gasteiger partial charge in [-0.3, -0.25) is 9.78 Å². The van der Waals surface area contributed by atoms with Crippen molar-refractivity contribution >= 4 is 11.7 Å². The molecule has 5 nitrogen and oxygen atoms in total. The van der Waals surface area contributed by atoms with Gasteiger partial charge >= 0.3 is 0 Å². The zero-order valence-electron chi connectivity index (χ0n) is 14.4. The van der Waals surface area contributed by atoms with Crippen molar-refractivity contribution in [3.05, 3.63) is 89.4 Å². The zero-order valence-corrected chi connectivity index (χ0v) is 14.4. The van der Waals surface area contributed by atoms with E-state index in [0.717, 1.165) is 30.9 Å². The van der Waals surface area contributed by atoms with Gasteiger partial charge in [0.2, 0.25) is 0 Å². The maximum atomic E-state index is 12.1. The van der Waals surface area contributed by atoms with E-state index in [2.05, 4.69) is 44.5 Å². The van der Waals surface area contributed by atoms with Crippen molar-refractivity contribution in [2.75, 3.05) is 11.4 Å². The predicted octanol–water partition coefficient (Wildman–Crippen LogP) is 2.97. The van der Waals surface area contributed by atoms with Crippen LogP contribution in [0.25, 0.3) is 0 Å². The summed E-state index contributed by atoms with van der Waals surface area (Å²) in [7, 11) is 0. The number of amides is 1. The molecule has 1 N–H and O–H groups in total. The first-order valence-electron chi connectivity index (χ1n) is 8.74. The van der Waals surface area contributed by atoms with E-state index in [1.807, 2.05) is 18.3 Å². The Bertz CT molecular complexity index is 893. The molecule has 0 unspecified atom stereocenters. The molecular formula is C21H20N4O. The summed E-state index contributed by atoms with van der Waals surface area (Å²) in [5.41, 5.74) is 4.39. The average molecular weight is 344 g/mol.